The number of hydrogen-bond donors (Lipinski definition) is 2. The molecule has 1 saturated carbocycles. The summed E-state index contributed by atoms with van der Waals surface area (Å²) in [6.45, 7) is 3.59. The Kier molecular flexibility index (Phi) is 4.40. The van der Waals surface area contributed by atoms with Crippen LogP contribution in [0.1, 0.15) is 39.0 Å². The highest BCUT2D eigenvalue weighted by Crippen LogP contribution is 2.25. The Bertz CT molecular complexity index is 270. The van der Waals surface area contributed by atoms with Crippen LogP contribution in [0.15, 0.2) is 0 Å². The van der Waals surface area contributed by atoms with Gasteiger partial charge in [-0.05, 0) is 38.0 Å². The topological polar surface area (TPSA) is 64.3 Å². The minimum atomic E-state index is 0.0649. The standard InChI is InChI=1S/C13H24N2O2/c1-2-12-11(5-6-17-12)13(16)15-8-9-3-4-10(14)7-9/h9-12H,2-8,14H2,1H3,(H,15,16). The van der Waals surface area contributed by atoms with E-state index in [-0.39, 0.29) is 17.9 Å². The van der Waals surface area contributed by atoms with Crippen LogP contribution in [0.4, 0.5) is 0 Å². The largest absolute Gasteiger partial charge is 0.377 e. The molecule has 1 aliphatic carbocycles. The Labute approximate surface area is 103 Å². The van der Waals surface area contributed by atoms with Gasteiger partial charge in [0, 0.05) is 19.2 Å². The summed E-state index contributed by atoms with van der Waals surface area (Å²) in [6, 6.07) is 0.343. The molecular formula is C13H24N2O2. The number of nitrogens with two attached hydrogens (primary N) is 1. The number of carbonyl (C=O) groups is 1. The SMILES string of the molecule is CCC1OCCC1C(=O)NCC1CCC(N)C1. The molecule has 0 radical (unpaired) electrons. The molecule has 1 amide bonds. The van der Waals surface area contributed by atoms with Gasteiger partial charge in [-0.25, -0.2) is 0 Å². The predicted molar refractivity (Wildman–Crippen MR) is 66.5 cm³/mol. The third-order valence-corrected chi connectivity index (χ3v) is 4.10. The van der Waals surface area contributed by atoms with E-state index < -0.39 is 0 Å². The van der Waals surface area contributed by atoms with Crippen LogP contribution in [0.3, 0.4) is 0 Å². The maximum absolute atomic E-state index is 12.0. The van der Waals surface area contributed by atoms with E-state index in [9.17, 15) is 4.79 Å². The molecule has 1 saturated heterocycles. The Hall–Kier alpha value is -0.610. The van der Waals surface area contributed by atoms with Crippen LogP contribution in [0, 0.1) is 11.8 Å². The van der Waals surface area contributed by atoms with E-state index in [1.165, 1.54) is 0 Å². The van der Waals surface area contributed by atoms with Crippen molar-refractivity contribution in [1.29, 1.82) is 0 Å². The van der Waals surface area contributed by atoms with E-state index in [0.717, 1.165) is 45.3 Å². The van der Waals surface area contributed by atoms with Gasteiger partial charge in [-0.3, -0.25) is 4.79 Å². The van der Waals surface area contributed by atoms with Crippen LogP contribution in [-0.4, -0.2) is 31.2 Å². The summed E-state index contributed by atoms with van der Waals surface area (Å²) in [6.07, 6.45) is 5.23. The second-order valence-electron chi connectivity index (χ2n) is 5.40. The van der Waals surface area contributed by atoms with Crippen molar-refractivity contribution < 1.29 is 9.53 Å². The van der Waals surface area contributed by atoms with Crippen LogP contribution in [0.2, 0.25) is 0 Å². The molecule has 1 heterocycles. The lowest BCUT2D eigenvalue weighted by molar-refractivity contribution is -0.126. The first-order valence-corrected chi connectivity index (χ1v) is 6.85. The average Bonchev–Trinajstić information content (AvgIpc) is 2.94. The van der Waals surface area contributed by atoms with Gasteiger partial charge in [0.25, 0.3) is 0 Å². The molecule has 98 valence electrons. The van der Waals surface area contributed by atoms with E-state index in [1.807, 2.05) is 0 Å². The van der Waals surface area contributed by atoms with E-state index in [4.69, 9.17) is 10.5 Å². The minimum absolute atomic E-state index is 0.0649. The summed E-state index contributed by atoms with van der Waals surface area (Å²) in [5.41, 5.74) is 5.86. The van der Waals surface area contributed by atoms with Crippen LogP contribution < -0.4 is 11.1 Å². The zero-order chi connectivity index (χ0) is 12.3. The van der Waals surface area contributed by atoms with Gasteiger partial charge in [0.05, 0.1) is 12.0 Å². The number of amides is 1. The van der Waals surface area contributed by atoms with Crippen molar-refractivity contribution in [1.82, 2.24) is 5.32 Å². The molecule has 0 aromatic carbocycles. The molecule has 2 fully saturated rings. The van der Waals surface area contributed by atoms with Gasteiger partial charge in [-0.15, -0.1) is 0 Å². The summed E-state index contributed by atoms with van der Waals surface area (Å²) < 4.78 is 5.54. The lowest BCUT2D eigenvalue weighted by Crippen LogP contribution is -2.37. The fraction of sp³-hybridized carbons (Fsp3) is 0.923. The van der Waals surface area contributed by atoms with E-state index >= 15 is 0 Å². The first kappa shape index (κ1) is 12.8. The summed E-state index contributed by atoms with van der Waals surface area (Å²) in [5.74, 6) is 0.821. The van der Waals surface area contributed by atoms with Crippen molar-refractivity contribution in [2.45, 2.75) is 51.2 Å². The van der Waals surface area contributed by atoms with Crippen molar-refractivity contribution in [2.75, 3.05) is 13.2 Å². The van der Waals surface area contributed by atoms with Crippen molar-refractivity contribution in [2.24, 2.45) is 17.6 Å². The van der Waals surface area contributed by atoms with E-state index in [2.05, 4.69) is 12.2 Å². The number of hydrogen-bond acceptors (Lipinski definition) is 3. The van der Waals surface area contributed by atoms with Crippen LogP contribution in [-0.2, 0) is 9.53 Å². The fourth-order valence-corrected chi connectivity index (χ4v) is 3.03. The Morgan fingerprint density at radius 2 is 2.24 bits per heavy atom. The van der Waals surface area contributed by atoms with Gasteiger partial charge < -0.3 is 15.8 Å². The molecule has 1 aliphatic heterocycles. The van der Waals surface area contributed by atoms with Gasteiger partial charge in [-0.2, -0.15) is 0 Å². The Morgan fingerprint density at radius 3 is 2.88 bits per heavy atom. The van der Waals surface area contributed by atoms with Crippen LogP contribution in [0.5, 0.6) is 0 Å². The van der Waals surface area contributed by atoms with Gasteiger partial charge >= 0.3 is 0 Å². The molecular weight excluding hydrogens is 216 g/mol. The van der Waals surface area contributed by atoms with Crippen molar-refractivity contribution in [3.63, 3.8) is 0 Å². The lowest BCUT2D eigenvalue weighted by atomic mass is 9.98. The molecule has 4 nitrogen and oxygen atoms in total. The summed E-state index contributed by atoms with van der Waals surface area (Å²) in [4.78, 5) is 12.0. The molecule has 17 heavy (non-hydrogen) atoms. The minimum Gasteiger partial charge on any atom is -0.377 e. The zero-order valence-electron chi connectivity index (χ0n) is 10.7. The monoisotopic (exact) mass is 240 g/mol. The van der Waals surface area contributed by atoms with E-state index in [1.54, 1.807) is 0 Å². The summed E-state index contributed by atoms with van der Waals surface area (Å²) in [7, 11) is 0. The molecule has 0 aromatic heterocycles. The van der Waals surface area contributed by atoms with Gasteiger partial charge in [0.15, 0.2) is 0 Å². The Morgan fingerprint density at radius 1 is 1.41 bits per heavy atom. The average molecular weight is 240 g/mol. The molecule has 0 bridgehead atoms. The number of ether oxygens (including phenoxy) is 1. The summed E-state index contributed by atoms with van der Waals surface area (Å²) >= 11 is 0. The Balaban J connectivity index is 1.73. The lowest BCUT2D eigenvalue weighted by Gasteiger charge is -2.18. The second-order valence-corrected chi connectivity index (χ2v) is 5.40. The molecule has 0 spiro atoms. The van der Waals surface area contributed by atoms with Crippen molar-refractivity contribution in [3.8, 4) is 0 Å². The number of nitrogens with one attached hydrogen (secondary N) is 1. The molecule has 2 aliphatic rings. The quantitative estimate of drug-likeness (QED) is 0.772. The third kappa shape index (κ3) is 3.19. The first-order chi connectivity index (χ1) is 8.20. The maximum Gasteiger partial charge on any atom is 0.225 e. The smallest absolute Gasteiger partial charge is 0.225 e. The fourth-order valence-electron chi connectivity index (χ4n) is 3.03. The highest BCUT2D eigenvalue weighted by Gasteiger charge is 2.33. The molecule has 4 heteroatoms. The predicted octanol–water partition coefficient (Wildman–Crippen LogP) is 1.05. The highest BCUT2D eigenvalue weighted by molar-refractivity contribution is 5.79. The van der Waals surface area contributed by atoms with Crippen LogP contribution in [0.25, 0.3) is 0 Å². The van der Waals surface area contributed by atoms with E-state index in [0.29, 0.717) is 12.0 Å². The maximum atomic E-state index is 12.0. The highest BCUT2D eigenvalue weighted by atomic mass is 16.5. The van der Waals surface area contributed by atoms with Gasteiger partial charge in [0.2, 0.25) is 5.91 Å². The first-order valence-electron chi connectivity index (χ1n) is 6.85. The van der Waals surface area contributed by atoms with Gasteiger partial charge in [0.1, 0.15) is 0 Å². The molecule has 2 rings (SSSR count). The van der Waals surface area contributed by atoms with Crippen LogP contribution >= 0.6 is 0 Å². The van der Waals surface area contributed by atoms with Crippen molar-refractivity contribution >= 4 is 5.91 Å². The molecule has 3 N–H and O–H groups in total. The molecule has 4 atom stereocenters. The second kappa shape index (κ2) is 5.83. The third-order valence-electron chi connectivity index (χ3n) is 4.10. The number of rotatable bonds is 4. The normalized spacial score (nSPS) is 37.3. The van der Waals surface area contributed by atoms with Crippen molar-refractivity contribution in [3.05, 3.63) is 0 Å². The summed E-state index contributed by atoms with van der Waals surface area (Å²) in [5, 5.41) is 3.08. The number of carbonyl (C=O) groups excluding carboxylic acids is 1. The molecule has 0 aromatic rings. The van der Waals surface area contributed by atoms with Gasteiger partial charge in [-0.1, -0.05) is 6.92 Å². The molecule has 4 unspecified atom stereocenters. The zero-order valence-corrected chi connectivity index (χ0v) is 10.7.